The van der Waals surface area contributed by atoms with E-state index in [1.165, 1.54) is 0 Å². The summed E-state index contributed by atoms with van der Waals surface area (Å²) in [4.78, 5) is 28.4. The third-order valence-corrected chi connectivity index (χ3v) is 6.28. The average molecular weight is 523 g/mol. The number of aryl methyl sites for hydroxylation is 1. The maximum Gasteiger partial charge on any atom is 0.261 e. The minimum Gasteiger partial charge on any atom is -0.484 e. The zero-order chi connectivity index (χ0) is 24.5. The number of hydrogen-bond acceptors (Lipinski definition) is 3. The van der Waals surface area contributed by atoms with Crippen LogP contribution < -0.4 is 10.1 Å². The predicted octanol–water partition coefficient (Wildman–Crippen LogP) is 5.30. The van der Waals surface area contributed by atoms with Crippen LogP contribution in [0.2, 0.25) is 0 Å². The predicted molar refractivity (Wildman–Crippen MR) is 139 cm³/mol. The summed E-state index contributed by atoms with van der Waals surface area (Å²) in [5.74, 6) is 0.187. The van der Waals surface area contributed by atoms with Crippen molar-refractivity contribution in [3.63, 3.8) is 0 Å². The number of hydrogen-bond donors (Lipinski definition) is 1. The second kappa shape index (κ2) is 12.4. The summed E-state index contributed by atoms with van der Waals surface area (Å²) in [6, 6.07) is 24.4. The Kier molecular flexibility index (Phi) is 9.28. The lowest BCUT2D eigenvalue weighted by Crippen LogP contribution is -2.52. The van der Waals surface area contributed by atoms with Crippen molar-refractivity contribution in [2.75, 3.05) is 6.61 Å². The van der Waals surface area contributed by atoms with Gasteiger partial charge in [-0.05, 0) is 55.7 Å². The summed E-state index contributed by atoms with van der Waals surface area (Å²) in [7, 11) is 0. The molecule has 0 saturated heterocycles. The number of ether oxygens (including phenoxy) is 1. The molecule has 0 aliphatic rings. The number of nitrogens with zero attached hydrogens (tertiary/aromatic N) is 1. The minimum atomic E-state index is -0.673. The Labute approximate surface area is 210 Å². The van der Waals surface area contributed by atoms with Gasteiger partial charge in [0.1, 0.15) is 11.8 Å². The lowest BCUT2D eigenvalue weighted by Gasteiger charge is -2.32. The van der Waals surface area contributed by atoms with Crippen molar-refractivity contribution < 1.29 is 14.3 Å². The van der Waals surface area contributed by atoms with Crippen molar-refractivity contribution in [3.8, 4) is 5.75 Å². The molecule has 2 amide bonds. The summed E-state index contributed by atoms with van der Waals surface area (Å²) in [5, 5.41) is 2.99. The van der Waals surface area contributed by atoms with E-state index in [4.69, 9.17) is 4.74 Å². The van der Waals surface area contributed by atoms with E-state index in [2.05, 4.69) is 21.2 Å². The maximum absolute atomic E-state index is 13.5. The van der Waals surface area contributed by atoms with Gasteiger partial charge >= 0.3 is 0 Å². The Morgan fingerprint density at radius 1 is 0.941 bits per heavy atom. The first-order valence-electron chi connectivity index (χ1n) is 11.4. The van der Waals surface area contributed by atoms with E-state index in [1.54, 1.807) is 4.90 Å². The second-order valence-electron chi connectivity index (χ2n) is 8.58. The molecule has 1 N–H and O–H groups in total. The number of halogens is 1. The van der Waals surface area contributed by atoms with Gasteiger partial charge in [0, 0.05) is 23.5 Å². The summed E-state index contributed by atoms with van der Waals surface area (Å²) in [6.07, 6.45) is 0.412. The maximum atomic E-state index is 13.5. The zero-order valence-electron chi connectivity index (χ0n) is 19.8. The Bertz CT molecular complexity index is 1090. The van der Waals surface area contributed by atoms with Crippen LogP contribution >= 0.6 is 15.9 Å². The van der Waals surface area contributed by atoms with Gasteiger partial charge in [0.15, 0.2) is 6.61 Å². The highest BCUT2D eigenvalue weighted by atomic mass is 79.9. The molecule has 5 nitrogen and oxygen atoms in total. The number of amides is 2. The normalized spacial score (nSPS) is 11.7. The molecule has 178 valence electrons. The Morgan fingerprint density at radius 3 is 2.15 bits per heavy atom. The molecule has 0 heterocycles. The van der Waals surface area contributed by atoms with E-state index >= 15 is 0 Å². The first-order valence-corrected chi connectivity index (χ1v) is 12.2. The molecule has 0 spiro atoms. The molecule has 0 fully saturated rings. The first kappa shape index (κ1) is 25.5. The summed E-state index contributed by atoms with van der Waals surface area (Å²) < 4.78 is 6.82. The van der Waals surface area contributed by atoms with Gasteiger partial charge in [-0.1, -0.05) is 76.6 Å². The fourth-order valence-corrected chi connectivity index (χ4v) is 3.90. The molecule has 3 aromatic carbocycles. The number of benzene rings is 3. The minimum absolute atomic E-state index is 0.0403. The first-order chi connectivity index (χ1) is 16.3. The highest BCUT2D eigenvalue weighted by Crippen LogP contribution is 2.22. The molecule has 1 atom stereocenters. The van der Waals surface area contributed by atoms with E-state index in [0.717, 1.165) is 21.2 Å². The molecule has 6 heteroatoms. The topological polar surface area (TPSA) is 58.6 Å². The monoisotopic (exact) mass is 522 g/mol. The molecule has 0 aliphatic heterocycles. The summed E-state index contributed by atoms with van der Waals surface area (Å²) >= 11 is 3.48. The van der Waals surface area contributed by atoms with Gasteiger partial charge in [-0.3, -0.25) is 9.59 Å². The second-order valence-corrected chi connectivity index (χ2v) is 9.43. The van der Waals surface area contributed by atoms with Gasteiger partial charge in [-0.15, -0.1) is 0 Å². The van der Waals surface area contributed by atoms with Crippen molar-refractivity contribution >= 4 is 27.7 Å². The van der Waals surface area contributed by atoms with E-state index < -0.39 is 6.04 Å². The molecule has 0 saturated carbocycles. The average Bonchev–Trinajstić information content (AvgIpc) is 2.82. The molecule has 0 aromatic heterocycles. The van der Waals surface area contributed by atoms with Gasteiger partial charge < -0.3 is 15.0 Å². The zero-order valence-corrected chi connectivity index (χ0v) is 21.4. The Hall–Kier alpha value is -3.12. The highest BCUT2D eigenvalue weighted by molar-refractivity contribution is 9.10. The van der Waals surface area contributed by atoms with Crippen LogP contribution in [0.5, 0.6) is 5.75 Å². The fourth-order valence-electron chi connectivity index (χ4n) is 3.65. The van der Waals surface area contributed by atoms with Crippen LogP contribution in [0.15, 0.2) is 83.3 Å². The van der Waals surface area contributed by atoms with E-state index in [0.29, 0.717) is 18.7 Å². The molecular formula is C28H31BrN2O3. The van der Waals surface area contributed by atoms with Crippen molar-refractivity contribution in [2.45, 2.75) is 45.8 Å². The number of carbonyl (C=O) groups is 2. The molecule has 0 aliphatic carbocycles. The van der Waals surface area contributed by atoms with Crippen LogP contribution in [-0.2, 0) is 22.6 Å². The third kappa shape index (κ3) is 7.45. The van der Waals surface area contributed by atoms with Crippen LogP contribution in [0.25, 0.3) is 0 Å². The summed E-state index contributed by atoms with van der Waals surface area (Å²) in [5.41, 5.74) is 2.96. The quantitative estimate of drug-likeness (QED) is 0.393. The smallest absolute Gasteiger partial charge is 0.261 e. The van der Waals surface area contributed by atoms with E-state index in [1.807, 2.05) is 99.6 Å². The molecule has 0 unspecified atom stereocenters. The van der Waals surface area contributed by atoms with Crippen LogP contribution in [0.4, 0.5) is 0 Å². The van der Waals surface area contributed by atoms with E-state index in [9.17, 15) is 9.59 Å². The van der Waals surface area contributed by atoms with Gasteiger partial charge in [0.05, 0.1) is 0 Å². The van der Waals surface area contributed by atoms with Crippen molar-refractivity contribution in [1.29, 1.82) is 0 Å². The standard InChI is InChI=1S/C28H31BrN2O3/c1-20(2)30-28(33)26(17-22-10-6-4-7-11-22)31(18-23-12-8-5-9-13-23)27(32)19-34-24-14-15-25(29)21(3)16-24/h4-16,20,26H,17-19H2,1-3H3,(H,30,33)/t26-/m1/s1. The Morgan fingerprint density at radius 2 is 1.56 bits per heavy atom. The largest absolute Gasteiger partial charge is 0.484 e. The van der Waals surface area contributed by atoms with Crippen molar-refractivity contribution in [3.05, 3.63) is 100 Å². The summed E-state index contributed by atoms with van der Waals surface area (Å²) in [6.45, 7) is 5.95. The Balaban J connectivity index is 1.88. The van der Waals surface area contributed by atoms with Gasteiger partial charge in [-0.2, -0.15) is 0 Å². The molecule has 3 rings (SSSR count). The van der Waals surface area contributed by atoms with Crippen molar-refractivity contribution in [1.82, 2.24) is 10.2 Å². The molecule has 0 bridgehead atoms. The van der Waals surface area contributed by atoms with Gasteiger partial charge in [0.25, 0.3) is 5.91 Å². The van der Waals surface area contributed by atoms with Gasteiger partial charge in [-0.25, -0.2) is 0 Å². The fraction of sp³-hybridized carbons (Fsp3) is 0.286. The molecule has 0 radical (unpaired) electrons. The molecule has 3 aromatic rings. The van der Waals surface area contributed by atoms with Crippen LogP contribution in [0.3, 0.4) is 0 Å². The van der Waals surface area contributed by atoms with Crippen LogP contribution in [-0.4, -0.2) is 35.4 Å². The SMILES string of the molecule is Cc1cc(OCC(=O)N(Cc2ccccc2)[C@H](Cc2ccccc2)C(=O)NC(C)C)ccc1Br. The lowest BCUT2D eigenvalue weighted by atomic mass is 10.0. The number of nitrogens with one attached hydrogen (secondary N) is 1. The lowest BCUT2D eigenvalue weighted by molar-refractivity contribution is -0.143. The third-order valence-electron chi connectivity index (χ3n) is 5.39. The molecular weight excluding hydrogens is 492 g/mol. The van der Waals surface area contributed by atoms with Crippen LogP contribution in [0.1, 0.15) is 30.5 Å². The van der Waals surface area contributed by atoms with Gasteiger partial charge in [0.2, 0.25) is 5.91 Å². The van der Waals surface area contributed by atoms with Crippen LogP contribution in [0, 0.1) is 6.92 Å². The number of carbonyl (C=O) groups excluding carboxylic acids is 2. The van der Waals surface area contributed by atoms with Crippen molar-refractivity contribution in [2.24, 2.45) is 0 Å². The highest BCUT2D eigenvalue weighted by Gasteiger charge is 2.31. The van der Waals surface area contributed by atoms with E-state index in [-0.39, 0.29) is 24.5 Å². The number of rotatable bonds is 10. The molecule has 34 heavy (non-hydrogen) atoms.